The Morgan fingerprint density at radius 2 is 1.62 bits per heavy atom. The highest BCUT2D eigenvalue weighted by atomic mass is 16.2. The van der Waals surface area contributed by atoms with Crippen LogP contribution in [0.15, 0.2) is 64.2 Å². The molecule has 0 saturated heterocycles. The highest BCUT2D eigenvalue weighted by Crippen LogP contribution is 2.22. The van der Waals surface area contributed by atoms with E-state index in [1.54, 1.807) is 0 Å². The summed E-state index contributed by atoms with van der Waals surface area (Å²) in [5.41, 5.74) is 8.08. The highest BCUT2D eigenvalue weighted by Gasteiger charge is 2.24. The standard InChI is InChI=1S/C25H30N4O3/c1-3-5-16-28(22-23(26)29(15-4-2)25(32)27-24(22)31)21(30)17-18-11-13-20(14-12-18)19-9-7-6-8-10-19/h6-14H,3-5,15-17,26H2,1-2H3,(H,27,31,32). The van der Waals surface area contributed by atoms with Gasteiger partial charge in [-0.1, -0.05) is 74.9 Å². The number of benzene rings is 2. The molecule has 0 saturated carbocycles. The van der Waals surface area contributed by atoms with Crippen molar-refractivity contribution in [1.82, 2.24) is 9.55 Å². The van der Waals surface area contributed by atoms with Crippen LogP contribution in [0.25, 0.3) is 11.1 Å². The number of carbonyl (C=O) groups excluding carboxylic acids is 1. The van der Waals surface area contributed by atoms with Crippen LogP contribution in [0.1, 0.15) is 38.7 Å². The number of aromatic amines is 1. The molecular formula is C25H30N4O3. The topological polar surface area (TPSA) is 101 Å². The minimum absolute atomic E-state index is 0.0319. The molecule has 3 N–H and O–H groups in total. The van der Waals surface area contributed by atoms with E-state index >= 15 is 0 Å². The maximum atomic E-state index is 13.3. The molecule has 3 rings (SSSR count). The zero-order valence-corrected chi connectivity index (χ0v) is 18.6. The molecule has 3 aromatic rings. The molecule has 168 valence electrons. The van der Waals surface area contributed by atoms with Crippen molar-refractivity contribution in [2.45, 2.75) is 46.1 Å². The monoisotopic (exact) mass is 434 g/mol. The predicted molar refractivity (Wildman–Crippen MR) is 129 cm³/mol. The van der Waals surface area contributed by atoms with Crippen LogP contribution in [0.3, 0.4) is 0 Å². The Kier molecular flexibility index (Phi) is 7.65. The molecule has 7 heteroatoms. The molecule has 0 spiro atoms. The molecule has 0 aliphatic heterocycles. The van der Waals surface area contributed by atoms with Gasteiger partial charge in [-0.2, -0.15) is 0 Å². The summed E-state index contributed by atoms with van der Waals surface area (Å²) < 4.78 is 1.32. The lowest BCUT2D eigenvalue weighted by Gasteiger charge is -2.24. The fourth-order valence-corrected chi connectivity index (χ4v) is 3.68. The van der Waals surface area contributed by atoms with Crippen LogP contribution in [-0.2, 0) is 17.8 Å². The molecule has 0 radical (unpaired) electrons. The molecule has 1 amide bonds. The molecule has 2 aromatic carbocycles. The van der Waals surface area contributed by atoms with E-state index in [9.17, 15) is 14.4 Å². The van der Waals surface area contributed by atoms with Gasteiger partial charge in [-0.3, -0.25) is 19.1 Å². The quantitative estimate of drug-likeness (QED) is 0.537. The van der Waals surface area contributed by atoms with Crippen LogP contribution in [-0.4, -0.2) is 22.0 Å². The third-order valence-electron chi connectivity index (χ3n) is 5.38. The zero-order chi connectivity index (χ0) is 23.1. The van der Waals surface area contributed by atoms with Crippen molar-refractivity contribution in [2.24, 2.45) is 0 Å². The van der Waals surface area contributed by atoms with Gasteiger partial charge in [0.1, 0.15) is 5.82 Å². The normalized spacial score (nSPS) is 10.8. The van der Waals surface area contributed by atoms with Gasteiger partial charge in [0.15, 0.2) is 5.69 Å². The van der Waals surface area contributed by atoms with E-state index in [0.717, 1.165) is 23.1 Å². The highest BCUT2D eigenvalue weighted by molar-refractivity contribution is 5.96. The number of hydrogen-bond acceptors (Lipinski definition) is 4. The first-order valence-corrected chi connectivity index (χ1v) is 11.0. The van der Waals surface area contributed by atoms with E-state index in [1.807, 2.05) is 68.4 Å². The number of aromatic nitrogens is 2. The smallest absolute Gasteiger partial charge is 0.330 e. The molecule has 0 fully saturated rings. The number of amides is 1. The van der Waals surface area contributed by atoms with E-state index in [4.69, 9.17) is 5.73 Å². The summed E-state index contributed by atoms with van der Waals surface area (Å²) in [5.74, 6) is -0.200. The number of nitrogen functional groups attached to an aromatic ring is 1. The van der Waals surface area contributed by atoms with Gasteiger partial charge in [-0.15, -0.1) is 0 Å². The molecule has 0 aliphatic rings. The minimum Gasteiger partial charge on any atom is -0.383 e. The summed E-state index contributed by atoms with van der Waals surface area (Å²) >= 11 is 0. The lowest BCUT2D eigenvalue weighted by Crippen LogP contribution is -2.42. The summed E-state index contributed by atoms with van der Waals surface area (Å²) in [7, 11) is 0. The lowest BCUT2D eigenvalue weighted by molar-refractivity contribution is -0.118. The van der Waals surface area contributed by atoms with E-state index < -0.39 is 11.2 Å². The Balaban J connectivity index is 1.90. The van der Waals surface area contributed by atoms with Gasteiger partial charge in [0.2, 0.25) is 5.91 Å². The summed E-state index contributed by atoms with van der Waals surface area (Å²) in [6, 6.07) is 17.8. The number of nitrogens with one attached hydrogen (secondary N) is 1. The molecule has 32 heavy (non-hydrogen) atoms. The molecule has 1 heterocycles. The van der Waals surface area contributed by atoms with Gasteiger partial charge in [0.25, 0.3) is 5.56 Å². The Bertz CT molecular complexity index is 1160. The molecule has 0 bridgehead atoms. The Labute approximate surface area is 187 Å². The second kappa shape index (κ2) is 10.6. The molecule has 0 aliphatic carbocycles. The van der Waals surface area contributed by atoms with Crippen molar-refractivity contribution in [3.63, 3.8) is 0 Å². The third-order valence-corrected chi connectivity index (χ3v) is 5.38. The van der Waals surface area contributed by atoms with Gasteiger partial charge in [-0.05, 0) is 29.5 Å². The van der Waals surface area contributed by atoms with Crippen LogP contribution in [0.2, 0.25) is 0 Å². The number of H-pyrrole nitrogens is 1. The number of rotatable bonds is 9. The van der Waals surface area contributed by atoms with Gasteiger partial charge in [0, 0.05) is 13.1 Å². The largest absolute Gasteiger partial charge is 0.383 e. The maximum absolute atomic E-state index is 13.3. The minimum atomic E-state index is -0.635. The van der Waals surface area contributed by atoms with E-state index in [0.29, 0.717) is 25.9 Å². The van der Waals surface area contributed by atoms with E-state index in [2.05, 4.69) is 4.98 Å². The van der Waals surface area contributed by atoms with Crippen molar-refractivity contribution in [1.29, 1.82) is 0 Å². The number of unbranched alkanes of at least 4 members (excludes halogenated alkanes) is 1. The van der Waals surface area contributed by atoms with Crippen LogP contribution in [0.5, 0.6) is 0 Å². The van der Waals surface area contributed by atoms with Gasteiger partial charge < -0.3 is 10.6 Å². The number of carbonyl (C=O) groups is 1. The second-order valence-electron chi connectivity index (χ2n) is 7.78. The van der Waals surface area contributed by atoms with Crippen LogP contribution < -0.4 is 21.9 Å². The number of nitrogens with two attached hydrogens (primary N) is 1. The summed E-state index contributed by atoms with van der Waals surface area (Å²) in [6.45, 7) is 4.65. The SMILES string of the molecule is CCCCN(C(=O)Cc1ccc(-c2ccccc2)cc1)c1c(N)n(CCC)c(=O)[nH]c1=O. The van der Waals surface area contributed by atoms with Gasteiger partial charge in [0.05, 0.1) is 6.42 Å². The first kappa shape index (κ1) is 23.1. The molecule has 7 nitrogen and oxygen atoms in total. The van der Waals surface area contributed by atoms with Crippen LogP contribution >= 0.6 is 0 Å². The third kappa shape index (κ3) is 5.17. The first-order valence-electron chi connectivity index (χ1n) is 11.0. The summed E-state index contributed by atoms with van der Waals surface area (Å²) in [6.07, 6.45) is 2.36. The van der Waals surface area contributed by atoms with Crippen LogP contribution in [0, 0.1) is 0 Å². The zero-order valence-electron chi connectivity index (χ0n) is 18.6. The molecule has 1 aromatic heterocycles. The fraction of sp³-hybridized carbons (Fsp3) is 0.320. The summed E-state index contributed by atoms with van der Waals surface area (Å²) in [5, 5.41) is 0. The van der Waals surface area contributed by atoms with E-state index in [-0.39, 0.29) is 23.8 Å². The number of hydrogen-bond donors (Lipinski definition) is 2. The Morgan fingerprint density at radius 3 is 2.25 bits per heavy atom. The second-order valence-corrected chi connectivity index (χ2v) is 7.78. The summed E-state index contributed by atoms with van der Waals surface area (Å²) in [4.78, 5) is 41.8. The van der Waals surface area contributed by atoms with Gasteiger partial charge in [-0.25, -0.2) is 4.79 Å². The van der Waals surface area contributed by atoms with Crippen molar-refractivity contribution < 1.29 is 4.79 Å². The van der Waals surface area contributed by atoms with Crippen LogP contribution in [0.4, 0.5) is 11.5 Å². The average Bonchev–Trinajstić information content (AvgIpc) is 2.79. The molecular weight excluding hydrogens is 404 g/mol. The number of nitrogens with zero attached hydrogens (tertiary/aromatic N) is 2. The Morgan fingerprint density at radius 1 is 0.969 bits per heavy atom. The first-order chi connectivity index (χ1) is 15.5. The average molecular weight is 435 g/mol. The maximum Gasteiger partial charge on any atom is 0.330 e. The number of anilines is 2. The van der Waals surface area contributed by atoms with Crippen molar-refractivity contribution in [2.75, 3.05) is 17.2 Å². The fourth-order valence-electron chi connectivity index (χ4n) is 3.68. The lowest BCUT2D eigenvalue weighted by atomic mass is 10.0. The van der Waals surface area contributed by atoms with Crippen molar-refractivity contribution in [3.8, 4) is 11.1 Å². The van der Waals surface area contributed by atoms with Gasteiger partial charge >= 0.3 is 5.69 Å². The molecule has 0 unspecified atom stereocenters. The van der Waals surface area contributed by atoms with E-state index in [1.165, 1.54) is 9.47 Å². The molecule has 0 atom stereocenters. The van der Waals surface area contributed by atoms with Crippen molar-refractivity contribution >= 4 is 17.4 Å². The van der Waals surface area contributed by atoms with Crippen molar-refractivity contribution in [3.05, 3.63) is 81.0 Å². The predicted octanol–water partition coefficient (Wildman–Crippen LogP) is 3.57. The Hall–Kier alpha value is -3.61.